The fourth-order valence-corrected chi connectivity index (χ4v) is 4.14. The number of nitrogens with zero attached hydrogens (tertiary/aromatic N) is 1. The van der Waals surface area contributed by atoms with E-state index in [1.165, 1.54) is 6.26 Å². The molecule has 0 bridgehead atoms. The third-order valence-electron chi connectivity index (χ3n) is 3.98. The van der Waals surface area contributed by atoms with Gasteiger partial charge in [-0.25, -0.2) is 8.42 Å². The minimum atomic E-state index is -4.65. The van der Waals surface area contributed by atoms with E-state index in [1.54, 1.807) is 36.4 Å². The van der Waals surface area contributed by atoms with Crippen molar-refractivity contribution in [2.45, 2.75) is 24.2 Å². The van der Waals surface area contributed by atoms with Gasteiger partial charge < -0.3 is 4.42 Å². The van der Waals surface area contributed by atoms with E-state index in [0.717, 1.165) is 22.5 Å². The van der Waals surface area contributed by atoms with Crippen molar-refractivity contribution in [1.29, 1.82) is 0 Å². The van der Waals surface area contributed by atoms with Gasteiger partial charge in [-0.05, 0) is 48.0 Å². The molecule has 0 aliphatic rings. The highest BCUT2D eigenvalue weighted by Gasteiger charge is 2.33. The van der Waals surface area contributed by atoms with Gasteiger partial charge in [-0.1, -0.05) is 29.8 Å². The van der Waals surface area contributed by atoms with Gasteiger partial charge in [0.05, 0.1) is 23.3 Å². The van der Waals surface area contributed by atoms with Gasteiger partial charge in [-0.15, -0.1) is 0 Å². The summed E-state index contributed by atoms with van der Waals surface area (Å²) >= 11 is 5.86. The van der Waals surface area contributed by atoms with E-state index in [4.69, 9.17) is 16.0 Å². The maximum absolute atomic E-state index is 13.1. The summed E-state index contributed by atoms with van der Waals surface area (Å²) in [4.78, 5) is -0.442. The van der Waals surface area contributed by atoms with Gasteiger partial charge in [0.1, 0.15) is 5.76 Å². The fourth-order valence-electron chi connectivity index (χ4n) is 2.58. The van der Waals surface area contributed by atoms with E-state index in [2.05, 4.69) is 0 Å². The fraction of sp³-hybridized carbons (Fsp3) is 0.158. The monoisotopic (exact) mass is 429 g/mol. The Hall–Kier alpha value is -2.29. The average Bonchev–Trinajstić information content (AvgIpc) is 3.15. The summed E-state index contributed by atoms with van der Waals surface area (Å²) in [5.41, 5.74) is -0.399. The Morgan fingerprint density at radius 3 is 2.29 bits per heavy atom. The molecule has 0 saturated heterocycles. The summed E-state index contributed by atoms with van der Waals surface area (Å²) in [7, 11) is -4.23. The minimum Gasteiger partial charge on any atom is -0.468 e. The maximum Gasteiger partial charge on any atom is 0.416 e. The molecule has 1 aromatic heterocycles. The number of furan rings is 1. The van der Waals surface area contributed by atoms with Crippen LogP contribution in [0.5, 0.6) is 0 Å². The smallest absolute Gasteiger partial charge is 0.416 e. The van der Waals surface area contributed by atoms with Crippen molar-refractivity contribution in [2.75, 3.05) is 0 Å². The number of sulfonamides is 1. The molecule has 148 valence electrons. The van der Waals surface area contributed by atoms with Gasteiger partial charge in [-0.2, -0.15) is 17.5 Å². The average molecular weight is 430 g/mol. The van der Waals surface area contributed by atoms with Crippen molar-refractivity contribution in [2.24, 2.45) is 0 Å². The lowest BCUT2D eigenvalue weighted by molar-refractivity contribution is -0.137. The van der Waals surface area contributed by atoms with Crippen LogP contribution in [-0.4, -0.2) is 12.7 Å². The molecule has 0 saturated carbocycles. The van der Waals surface area contributed by atoms with Gasteiger partial charge >= 0.3 is 6.18 Å². The highest BCUT2D eigenvalue weighted by atomic mass is 35.5. The second-order valence-electron chi connectivity index (χ2n) is 6.00. The van der Waals surface area contributed by atoms with E-state index in [-0.39, 0.29) is 13.1 Å². The second-order valence-corrected chi connectivity index (χ2v) is 8.38. The number of rotatable bonds is 6. The van der Waals surface area contributed by atoms with Crippen LogP contribution in [0.25, 0.3) is 0 Å². The van der Waals surface area contributed by atoms with Gasteiger partial charge in [-0.3, -0.25) is 0 Å². The molecule has 3 rings (SSSR count). The Bertz CT molecular complexity index is 1030. The lowest BCUT2D eigenvalue weighted by atomic mass is 10.2. The van der Waals surface area contributed by atoms with Crippen LogP contribution in [0.2, 0.25) is 5.02 Å². The summed E-state index contributed by atoms with van der Waals surface area (Å²) in [5, 5.41) is 0.488. The highest BCUT2D eigenvalue weighted by Crippen LogP contribution is 2.31. The molecule has 0 aliphatic heterocycles. The molecule has 0 amide bonds. The van der Waals surface area contributed by atoms with Crippen LogP contribution in [0, 0.1) is 0 Å². The van der Waals surface area contributed by atoms with Crippen molar-refractivity contribution in [1.82, 2.24) is 4.31 Å². The predicted octanol–water partition coefficient (Wildman–Crippen LogP) is 5.34. The Kier molecular flexibility index (Phi) is 5.83. The Morgan fingerprint density at radius 1 is 0.964 bits per heavy atom. The van der Waals surface area contributed by atoms with Crippen LogP contribution in [0.1, 0.15) is 16.9 Å². The first kappa shape index (κ1) is 20.4. The Morgan fingerprint density at radius 2 is 1.68 bits per heavy atom. The molecule has 0 unspecified atom stereocenters. The minimum absolute atomic E-state index is 0.0591. The zero-order chi connectivity index (χ0) is 20.4. The molecular formula is C19H15ClF3NO3S. The molecule has 0 spiro atoms. The lowest BCUT2D eigenvalue weighted by Gasteiger charge is -2.22. The summed E-state index contributed by atoms with van der Waals surface area (Å²) in [6.07, 6.45) is -3.25. The Balaban J connectivity index is 1.99. The number of hydrogen-bond donors (Lipinski definition) is 0. The standard InChI is InChI=1S/C19H15ClF3NO3S/c20-16-8-6-14(7-9-16)12-24(13-17-4-2-10-27-17)28(25,26)18-5-1-3-15(11-18)19(21,22)23/h1-11H,12-13H2. The molecule has 4 nitrogen and oxygen atoms in total. The molecule has 28 heavy (non-hydrogen) atoms. The maximum atomic E-state index is 13.1. The summed E-state index contributed by atoms with van der Waals surface area (Å²) in [5.74, 6) is 0.365. The first-order chi connectivity index (χ1) is 13.2. The topological polar surface area (TPSA) is 50.5 Å². The van der Waals surface area contributed by atoms with E-state index in [1.807, 2.05) is 0 Å². The quantitative estimate of drug-likeness (QED) is 0.531. The zero-order valence-corrected chi connectivity index (χ0v) is 15.9. The third-order valence-corrected chi connectivity index (χ3v) is 6.02. The summed E-state index contributed by atoms with van der Waals surface area (Å²) in [6.45, 7) is -0.190. The molecule has 1 heterocycles. The lowest BCUT2D eigenvalue weighted by Crippen LogP contribution is -2.30. The van der Waals surface area contributed by atoms with Crippen molar-refractivity contribution in [3.8, 4) is 0 Å². The van der Waals surface area contributed by atoms with Gasteiger partial charge in [0.2, 0.25) is 10.0 Å². The predicted molar refractivity (Wildman–Crippen MR) is 98.0 cm³/mol. The van der Waals surface area contributed by atoms with Crippen molar-refractivity contribution < 1.29 is 26.0 Å². The zero-order valence-electron chi connectivity index (χ0n) is 14.4. The van der Waals surface area contributed by atoms with E-state index in [0.29, 0.717) is 22.4 Å². The van der Waals surface area contributed by atoms with Crippen LogP contribution >= 0.6 is 11.6 Å². The van der Waals surface area contributed by atoms with Crippen LogP contribution in [0.15, 0.2) is 76.2 Å². The van der Waals surface area contributed by atoms with E-state index >= 15 is 0 Å². The largest absolute Gasteiger partial charge is 0.468 e. The number of benzene rings is 2. The van der Waals surface area contributed by atoms with Crippen LogP contribution < -0.4 is 0 Å². The molecule has 0 atom stereocenters. The number of alkyl halides is 3. The summed E-state index contributed by atoms with van der Waals surface area (Å²) in [6, 6.07) is 13.4. The van der Waals surface area contributed by atoms with Crippen molar-refractivity contribution in [3.05, 3.63) is 88.8 Å². The van der Waals surface area contributed by atoms with E-state index < -0.39 is 26.7 Å². The van der Waals surface area contributed by atoms with Crippen molar-refractivity contribution in [3.63, 3.8) is 0 Å². The van der Waals surface area contributed by atoms with Crippen molar-refractivity contribution >= 4 is 21.6 Å². The number of halogens is 4. The first-order valence-electron chi connectivity index (χ1n) is 8.10. The third kappa shape index (κ3) is 4.76. The van der Waals surface area contributed by atoms with Crippen LogP contribution in [-0.2, 0) is 29.3 Å². The van der Waals surface area contributed by atoms with Gasteiger partial charge in [0.25, 0.3) is 0 Å². The Labute approximate surface area is 165 Å². The molecule has 9 heteroatoms. The molecule has 0 radical (unpaired) electrons. The number of hydrogen-bond acceptors (Lipinski definition) is 3. The SMILES string of the molecule is O=S(=O)(c1cccc(C(F)(F)F)c1)N(Cc1ccc(Cl)cc1)Cc1ccco1. The molecular weight excluding hydrogens is 415 g/mol. The molecule has 3 aromatic rings. The van der Waals surface area contributed by atoms with Crippen LogP contribution in [0.3, 0.4) is 0 Å². The van der Waals surface area contributed by atoms with Gasteiger partial charge in [0.15, 0.2) is 0 Å². The normalized spacial score (nSPS) is 12.5. The van der Waals surface area contributed by atoms with E-state index in [9.17, 15) is 21.6 Å². The highest BCUT2D eigenvalue weighted by molar-refractivity contribution is 7.89. The first-order valence-corrected chi connectivity index (χ1v) is 9.92. The second kappa shape index (κ2) is 7.98. The molecule has 0 N–H and O–H groups in total. The molecule has 0 fully saturated rings. The van der Waals surface area contributed by atoms with Crippen LogP contribution in [0.4, 0.5) is 13.2 Å². The summed E-state index contributed by atoms with van der Waals surface area (Å²) < 4.78 is 71.5. The van der Waals surface area contributed by atoms with Gasteiger partial charge in [0, 0.05) is 11.6 Å². The molecule has 0 aliphatic carbocycles. The molecule has 2 aromatic carbocycles.